The Morgan fingerprint density at radius 1 is 1.43 bits per heavy atom. The van der Waals surface area contributed by atoms with Crippen molar-refractivity contribution in [3.63, 3.8) is 0 Å². The van der Waals surface area contributed by atoms with E-state index in [1.54, 1.807) is 22.7 Å². The maximum absolute atomic E-state index is 10.4. The summed E-state index contributed by atoms with van der Waals surface area (Å²) in [6.07, 6.45) is 0.482. The first-order chi connectivity index (χ1) is 11.0. The minimum Gasteiger partial charge on any atom is -0.390 e. The van der Waals surface area contributed by atoms with Gasteiger partial charge in [-0.15, -0.1) is 21.5 Å². The van der Waals surface area contributed by atoms with Crippen LogP contribution in [0.4, 0.5) is 5.13 Å². The molecule has 1 aliphatic heterocycles. The van der Waals surface area contributed by atoms with Gasteiger partial charge in [-0.25, -0.2) is 4.98 Å². The average Bonchev–Trinajstić information content (AvgIpc) is 3.11. The van der Waals surface area contributed by atoms with Gasteiger partial charge in [-0.05, 0) is 13.3 Å². The maximum Gasteiger partial charge on any atom is 0.205 e. The van der Waals surface area contributed by atoms with E-state index in [2.05, 4.69) is 44.6 Å². The molecule has 2 N–H and O–H groups in total. The molecule has 6 nitrogen and oxygen atoms in total. The Bertz CT molecular complexity index is 641. The SMILES string of the molecule is Cc1nc(CN2CC[C@@H](Nc3nnc(C(C)C)s3)[C@H](O)C2)cs1. The van der Waals surface area contributed by atoms with Crippen LogP contribution in [0.3, 0.4) is 0 Å². The first-order valence-electron chi connectivity index (χ1n) is 7.92. The van der Waals surface area contributed by atoms with Gasteiger partial charge in [0, 0.05) is 30.9 Å². The summed E-state index contributed by atoms with van der Waals surface area (Å²) in [4.78, 5) is 6.76. The minimum absolute atomic E-state index is 0.0383. The number of piperidine rings is 1. The monoisotopic (exact) mass is 353 g/mol. The lowest BCUT2D eigenvalue weighted by Crippen LogP contribution is -2.49. The quantitative estimate of drug-likeness (QED) is 0.860. The van der Waals surface area contributed by atoms with E-state index in [1.807, 2.05) is 6.92 Å². The highest BCUT2D eigenvalue weighted by Gasteiger charge is 2.28. The van der Waals surface area contributed by atoms with Crippen LogP contribution < -0.4 is 5.32 Å². The summed E-state index contributed by atoms with van der Waals surface area (Å²) >= 11 is 3.25. The third-order valence-corrected chi connectivity index (χ3v) is 5.94. The molecule has 8 heteroatoms. The molecule has 0 aliphatic carbocycles. The molecular formula is C15H23N5OS2. The average molecular weight is 354 g/mol. The number of β-amino-alcohol motifs (C(OH)–C–C–N with tert-alkyl or cyclic N) is 1. The minimum atomic E-state index is -0.408. The van der Waals surface area contributed by atoms with Crippen molar-refractivity contribution in [2.24, 2.45) is 0 Å². The molecule has 0 amide bonds. The zero-order chi connectivity index (χ0) is 16.4. The number of hydrogen-bond acceptors (Lipinski definition) is 8. The smallest absolute Gasteiger partial charge is 0.205 e. The van der Waals surface area contributed by atoms with Crippen LogP contribution in [0.25, 0.3) is 0 Å². The Hall–Kier alpha value is -1.09. The van der Waals surface area contributed by atoms with E-state index in [9.17, 15) is 5.11 Å². The van der Waals surface area contributed by atoms with Crippen LogP contribution in [0, 0.1) is 6.92 Å². The van der Waals surface area contributed by atoms with Crippen LogP contribution in [0.1, 0.15) is 41.9 Å². The van der Waals surface area contributed by atoms with Crippen LogP contribution in [-0.4, -0.2) is 50.4 Å². The molecule has 0 unspecified atom stereocenters. The van der Waals surface area contributed by atoms with Gasteiger partial charge in [0.15, 0.2) is 0 Å². The van der Waals surface area contributed by atoms with Gasteiger partial charge in [0.2, 0.25) is 5.13 Å². The summed E-state index contributed by atoms with van der Waals surface area (Å²) in [6.45, 7) is 8.65. The number of nitrogens with zero attached hydrogens (tertiary/aromatic N) is 4. The van der Waals surface area contributed by atoms with Crippen LogP contribution in [0.15, 0.2) is 5.38 Å². The van der Waals surface area contributed by atoms with E-state index >= 15 is 0 Å². The molecule has 23 heavy (non-hydrogen) atoms. The molecule has 0 aromatic carbocycles. The van der Waals surface area contributed by atoms with Gasteiger partial charge in [0.1, 0.15) is 5.01 Å². The lowest BCUT2D eigenvalue weighted by Gasteiger charge is -2.35. The standard InChI is InChI=1S/C15H23N5OS2/c1-9(2)14-18-19-15(23-14)17-12-4-5-20(7-13(12)21)6-11-8-22-10(3)16-11/h8-9,12-13,21H,4-7H2,1-3H3,(H,17,19)/t12-,13-/m1/s1. The zero-order valence-corrected chi connectivity index (χ0v) is 15.3. The van der Waals surface area contributed by atoms with Crippen LogP contribution in [0.2, 0.25) is 0 Å². The third-order valence-electron chi connectivity index (χ3n) is 3.96. The molecule has 0 saturated carbocycles. The predicted molar refractivity (Wildman–Crippen MR) is 94.2 cm³/mol. The first-order valence-corrected chi connectivity index (χ1v) is 9.62. The van der Waals surface area contributed by atoms with Crippen molar-refractivity contribution in [1.29, 1.82) is 0 Å². The molecule has 1 aliphatic rings. The fourth-order valence-electron chi connectivity index (χ4n) is 2.70. The van der Waals surface area contributed by atoms with Gasteiger partial charge >= 0.3 is 0 Å². The predicted octanol–water partition coefficient (Wildman–Crippen LogP) is 2.47. The number of aliphatic hydroxyl groups is 1. The van der Waals surface area contributed by atoms with E-state index in [4.69, 9.17) is 0 Å². The van der Waals surface area contributed by atoms with Crippen LogP contribution >= 0.6 is 22.7 Å². The molecule has 2 aromatic rings. The Labute approximate surface area is 144 Å². The molecule has 1 fully saturated rings. The van der Waals surface area contributed by atoms with Crippen molar-refractivity contribution >= 4 is 27.8 Å². The molecule has 2 aromatic heterocycles. The van der Waals surface area contributed by atoms with Gasteiger partial charge in [-0.1, -0.05) is 25.2 Å². The van der Waals surface area contributed by atoms with Gasteiger partial charge in [0.25, 0.3) is 0 Å². The summed E-state index contributed by atoms with van der Waals surface area (Å²) in [5.74, 6) is 0.386. The molecule has 1 saturated heterocycles. The second kappa shape index (κ2) is 7.21. The highest BCUT2D eigenvalue weighted by atomic mass is 32.1. The Balaban J connectivity index is 1.53. The summed E-state index contributed by atoms with van der Waals surface area (Å²) < 4.78 is 0. The molecule has 3 heterocycles. The summed E-state index contributed by atoms with van der Waals surface area (Å²) in [7, 11) is 0. The normalized spacial score (nSPS) is 22.7. The highest BCUT2D eigenvalue weighted by Crippen LogP contribution is 2.25. The van der Waals surface area contributed by atoms with E-state index in [0.717, 1.165) is 40.4 Å². The molecular weight excluding hydrogens is 330 g/mol. The number of aliphatic hydroxyl groups excluding tert-OH is 1. The second-order valence-electron chi connectivity index (χ2n) is 6.30. The van der Waals surface area contributed by atoms with Crippen molar-refractivity contribution in [3.8, 4) is 0 Å². The molecule has 126 valence electrons. The van der Waals surface area contributed by atoms with E-state index in [-0.39, 0.29) is 6.04 Å². The van der Waals surface area contributed by atoms with Gasteiger partial charge in [-0.2, -0.15) is 0 Å². The number of hydrogen-bond donors (Lipinski definition) is 2. The number of aryl methyl sites for hydroxylation is 1. The van der Waals surface area contributed by atoms with Crippen molar-refractivity contribution in [2.45, 2.75) is 51.8 Å². The molecule has 0 bridgehead atoms. The summed E-state index contributed by atoms with van der Waals surface area (Å²) in [5.41, 5.74) is 1.09. The largest absolute Gasteiger partial charge is 0.390 e. The van der Waals surface area contributed by atoms with Gasteiger partial charge < -0.3 is 10.4 Å². The molecule has 3 rings (SSSR count). The lowest BCUT2D eigenvalue weighted by molar-refractivity contribution is 0.0556. The van der Waals surface area contributed by atoms with E-state index in [1.165, 1.54) is 0 Å². The van der Waals surface area contributed by atoms with E-state index < -0.39 is 6.10 Å². The summed E-state index contributed by atoms with van der Waals surface area (Å²) in [6, 6.07) is 0.0383. The topological polar surface area (TPSA) is 74.2 Å². The number of nitrogens with one attached hydrogen (secondary N) is 1. The summed E-state index contributed by atoms with van der Waals surface area (Å²) in [5, 5.41) is 27.2. The molecule has 2 atom stereocenters. The van der Waals surface area contributed by atoms with Crippen molar-refractivity contribution < 1.29 is 5.11 Å². The number of rotatable bonds is 5. The van der Waals surface area contributed by atoms with Gasteiger partial charge in [0.05, 0.1) is 22.8 Å². The fraction of sp³-hybridized carbons (Fsp3) is 0.667. The number of thiazole rings is 1. The lowest BCUT2D eigenvalue weighted by atomic mass is 10.0. The fourth-order valence-corrected chi connectivity index (χ4v) is 4.12. The Morgan fingerprint density at radius 2 is 2.26 bits per heavy atom. The number of likely N-dealkylation sites (tertiary alicyclic amines) is 1. The van der Waals surface area contributed by atoms with Crippen molar-refractivity contribution in [2.75, 3.05) is 18.4 Å². The maximum atomic E-state index is 10.4. The van der Waals surface area contributed by atoms with Crippen LogP contribution in [0.5, 0.6) is 0 Å². The second-order valence-corrected chi connectivity index (χ2v) is 8.37. The third kappa shape index (κ3) is 4.26. The van der Waals surface area contributed by atoms with Gasteiger partial charge in [-0.3, -0.25) is 4.90 Å². The van der Waals surface area contributed by atoms with Crippen LogP contribution in [-0.2, 0) is 6.54 Å². The number of anilines is 1. The number of aromatic nitrogens is 3. The molecule has 0 radical (unpaired) electrons. The Kier molecular flexibility index (Phi) is 5.25. The van der Waals surface area contributed by atoms with Crippen molar-refractivity contribution in [3.05, 3.63) is 21.1 Å². The Morgan fingerprint density at radius 3 is 2.87 bits per heavy atom. The highest BCUT2D eigenvalue weighted by molar-refractivity contribution is 7.15. The zero-order valence-electron chi connectivity index (χ0n) is 13.7. The van der Waals surface area contributed by atoms with Crippen molar-refractivity contribution in [1.82, 2.24) is 20.1 Å². The molecule has 0 spiro atoms. The van der Waals surface area contributed by atoms with E-state index in [0.29, 0.717) is 12.5 Å². The first kappa shape index (κ1) is 16.8.